The van der Waals surface area contributed by atoms with Gasteiger partial charge in [-0.15, -0.1) is 0 Å². The third kappa shape index (κ3) is 6.23. The highest BCUT2D eigenvalue weighted by Crippen LogP contribution is 2.35. The molecule has 2 heterocycles. The van der Waals surface area contributed by atoms with E-state index in [4.69, 9.17) is 23.2 Å². The summed E-state index contributed by atoms with van der Waals surface area (Å²) in [6, 6.07) is 9.04. The normalized spacial score (nSPS) is 14.3. The molecule has 3 aromatic rings. The van der Waals surface area contributed by atoms with Crippen molar-refractivity contribution in [1.82, 2.24) is 25.5 Å². The van der Waals surface area contributed by atoms with Crippen LogP contribution in [-0.4, -0.2) is 47.0 Å². The summed E-state index contributed by atoms with van der Waals surface area (Å²) in [6.45, 7) is 1.13. The number of hydrogen-bond donors (Lipinski definition) is 2. The maximum atomic E-state index is 13.4. The Morgan fingerprint density at radius 3 is 2.34 bits per heavy atom. The molecule has 8 nitrogen and oxygen atoms in total. The fourth-order valence-electron chi connectivity index (χ4n) is 4.18. The number of halogens is 5. The van der Waals surface area contributed by atoms with Crippen LogP contribution in [-0.2, 0) is 17.5 Å². The fourth-order valence-corrected chi connectivity index (χ4v) is 4.66. The Bertz CT molecular complexity index is 1320. The molecule has 0 unspecified atom stereocenters. The smallest absolute Gasteiger partial charge is 0.416 e. The molecule has 1 aliphatic heterocycles. The third-order valence-electron chi connectivity index (χ3n) is 6.03. The third-order valence-corrected chi connectivity index (χ3v) is 6.57. The first-order chi connectivity index (χ1) is 18.1. The molecule has 13 heteroatoms. The lowest BCUT2D eigenvalue weighted by atomic mass is 10.0. The Labute approximate surface area is 226 Å². The minimum Gasteiger partial charge on any atom is -0.453 e. The van der Waals surface area contributed by atoms with Crippen molar-refractivity contribution in [2.24, 2.45) is 0 Å². The lowest BCUT2D eigenvalue weighted by Gasteiger charge is -2.26. The van der Waals surface area contributed by atoms with Crippen molar-refractivity contribution >= 4 is 35.2 Å². The average molecular weight is 570 g/mol. The first-order valence-electron chi connectivity index (χ1n) is 11.7. The molecule has 1 aliphatic rings. The number of hydrazine groups is 1. The molecule has 2 aromatic carbocycles. The molecule has 202 valence electrons. The maximum absolute atomic E-state index is 13.4. The highest BCUT2D eigenvalue weighted by molar-refractivity contribution is 6.35. The van der Waals surface area contributed by atoms with Crippen molar-refractivity contribution in [2.75, 3.05) is 20.2 Å². The van der Waals surface area contributed by atoms with Gasteiger partial charge in [-0.25, -0.2) is 14.5 Å². The van der Waals surface area contributed by atoms with Gasteiger partial charge in [0.15, 0.2) is 5.69 Å². The number of methoxy groups -OCH3 is 1. The first-order valence-corrected chi connectivity index (χ1v) is 12.5. The predicted molar refractivity (Wildman–Crippen MR) is 136 cm³/mol. The summed E-state index contributed by atoms with van der Waals surface area (Å²) >= 11 is 12.5. The summed E-state index contributed by atoms with van der Waals surface area (Å²) in [7, 11) is 1.19. The number of benzene rings is 2. The summed E-state index contributed by atoms with van der Waals surface area (Å²) in [5.41, 5.74) is 3.15. The van der Waals surface area contributed by atoms with Crippen LogP contribution in [0.5, 0.6) is 0 Å². The van der Waals surface area contributed by atoms with Gasteiger partial charge in [-0.2, -0.15) is 18.3 Å². The average Bonchev–Trinajstić information content (AvgIpc) is 3.26. The van der Waals surface area contributed by atoms with Gasteiger partial charge in [0.05, 0.1) is 35.6 Å². The van der Waals surface area contributed by atoms with Crippen molar-refractivity contribution in [2.45, 2.75) is 32.0 Å². The van der Waals surface area contributed by atoms with Crippen LogP contribution in [0.15, 0.2) is 42.5 Å². The minimum atomic E-state index is -4.53. The second-order valence-corrected chi connectivity index (χ2v) is 9.44. The summed E-state index contributed by atoms with van der Waals surface area (Å²) < 4.78 is 45.8. The monoisotopic (exact) mass is 569 g/mol. The maximum Gasteiger partial charge on any atom is 0.416 e. The highest BCUT2D eigenvalue weighted by atomic mass is 35.5. The largest absolute Gasteiger partial charge is 0.453 e. The van der Waals surface area contributed by atoms with E-state index in [0.717, 1.165) is 31.4 Å². The molecule has 0 saturated carbocycles. The van der Waals surface area contributed by atoms with Crippen LogP contribution in [0.2, 0.25) is 10.0 Å². The Morgan fingerprint density at radius 2 is 1.74 bits per heavy atom. The Balaban J connectivity index is 1.89. The van der Waals surface area contributed by atoms with Gasteiger partial charge in [0.1, 0.15) is 0 Å². The van der Waals surface area contributed by atoms with Crippen LogP contribution in [0.4, 0.5) is 18.0 Å². The van der Waals surface area contributed by atoms with Gasteiger partial charge in [-0.1, -0.05) is 41.8 Å². The molecular formula is C25H24Cl2F3N5O3. The molecule has 2 N–H and O–H groups in total. The fraction of sp³-hybridized carbons (Fsp3) is 0.320. The van der Waals surface area contributed by atoms with Crippen molar-refractivity contribution < 1.29 is 27.5 Å². The van der Waals surface area contributed by atoms with Crippen molar-refractivity contribution in [1.29, 1.82) is 0 Å². The molecule has 1 aromatic heterocycles. The van der Waals surface area contributed by atoms with Gasteiger partial charge < -0.3 is 10.1 Å². The van der Waals surface area contributed by atoms with E-state index in [1.807, 2.05) is 0 Å². The van der Waals surface area contributed by atoms with Gasteiger partial charge in [0.25, 0.3) is 5.91 Å². The highest BCUT2D eigenvalue weighted by Gasteiger charge is 2.31. The van der Waals surface area contributed by atoms with Crippen LogP contribution in [0.25, 0.3) is 16.9 Å². The topological polar surface area (TPSA) is 88.5 Å². The zero-order valence-electron chi connectivity index (χ0n) is 20.2. The molecule has 0 spiro atoms. The zero-order chi connectivity index (χ0) is 27.4. The number of aromatic nitrogens is 2. The lowest BCUT2D eigenvalue weighted by Crippen LogP contribution is -2.45. The van der Waals surface area contributed by atoms with Gasteiger partial charge in [-0.05, 0) is 43.2 Å². The van der Waals surface area contributed by atoms with E-state index in [1.165, 1.54) is 30.0 Å². The molecular weight excluding hydrogens is 546 g/mol. The minimum absolute atomic E-state index is 0.0344. The number of alkyl carbamates (subject to hydrolysis) is 1. The van der Waals surface area contributed by atoms with Crippen molar-refractivity contribution in [3.8, 4) is 16.9 Å². The van der Waals surface area contributed by atoms with E-state index in [1.54, 1.807) is 17.1 Å². The summed E-state index contributed by atoms with van der Waals surface area (Å²) in [5, 5.41) is 9.41. The molecule has 2 amide bonds. The summed E-state index contributed by atoms with van der Waals surface area (Å²) in [5.74, 6) is -0.537. The number of ether oxygens (including phenoxy) is 1. The van der Waals surface area contributed by atoms with Crippen LogP contribution >= 0.6 is 23.2 Å². The number of nitrogens with one attached hydrogen (secondary N) is 2. The first kappa shape index (κ1) is 27.7. The van der Waals surface area contributed by atoms with E-state index in [-0.39, 0.29) is 28.5 Å². The second-order valence-electron chi connectivity index (χ2n) is 8.59. The lowest BCUT2D eigenvalue weighted by molar-refractivity contribution is -0.137. The van der Waals surface area contributed by atoms with Gasteiger partial charge in [0.2, 0.25) is 0 Å². The molecule has 1 fully saturated rings. The quantitative estimate of drug-likeness (QED) is 0.388. The Kier molecular flexibility index (Phi) is 8.49. The molecule has 0 aliphatic carbocycles. The SMILES string of the molecule is COC(=O)NCc1c(C(=O)NN2CCCCC2)nn(-c2ccc(Cl)cc2Cl)c1-c1ccc(C(F)(F)F)cc1. The molecule has 0 atom stereocenters. The number of alkyl halides is 3. The van der Waals surface area contributed by atoms with Crippen molar-refractivity contribution in [3.63, 3.8) is 0 Å². The standard InChI is InChI=1S/C25H24Cl2F3N5O3/c1-38-24(37)31-14-18-21(23(36)33-34-11-3-2-4-12-34)32-35(20-10-9-17(26)13-19(20)27)22(18)15-5-7-16(8-6-15)25(28,29)30/h5-10,13H,2-4,11-12,14H2,1H3,(H,31,37)(H,33,36). The second kappa shape index (κ2) is 11.6. The number of nitrogens with zero attached hydrogens (tertiary/aromatic N) is 3. The summed E-state index contributed by atoms with van der Waals surface area (Å²) in [6.07, 6.45) is -2.40. The van der Waals surface area contributed by atoms with Gasteiger partial charge in [0, 0.05) is 29.2 Å². The van der Waals surface area contributed by atoms with E-state index in [9.17, 15) is 22.8 Å². The van der Waals surface area contributed by atoms with Crippen LogP contribution in [0.3, 0.4) is 0 Å². The number of carbonyl (C=O) groups is 2. The van der Waals surface area contributed by atoms with Gasteiger partial charge in [-0.3, -0.25) is 10.2 Å². The van der Waals surface area contributed by atoms with Crippen LogP contribution < -0.4 is 10.7 Å². The van der Waals surface area contributed by atoms with E-state index in [0.29, 0.717) is 29.4 Å². The Hall–Kier alpha value is -3.28. The number of rotatable bonds is 6. The molecule has 38 heavy (non-hydrogen) atoms. The molecule has 0 radical (unpaired) electrons. The van der Waals surface area contributed by atoms with E-state index < -0.39 is 23.7 Å². The van der Waals surface area contributed by atoms with Crippen LogP contribution in [0.1, 0.15) is 40.9 Å². The zero-order valence-corrected chi connectivity index (χ0v) is 21.8. The van der Waals surface area contributed by atoms with E-state index >= 15 is 0 Å². The number of amides is 2. The van der Waals surface area contributed by atoms with E-state index in [2.05, 4.69) is 20.6 Å². The van der Waals surface area contributed by atoms with Crippen LogP contribution in [0, 0.1) is 0 Å². The number of carbonyl (C=O) groups excluding carboxylic acids is 2. The molecule has 0 bridgehead atoms. The van der Waals surface area contributed by atoms with Crippen molar-refractivity contribution in [3.05, 3.63) is 69.3 Å². The van der Waals surface area contributed by atoms with Gasteiger partial charge >= 0.3 is 12.3 Å². The number of piperidine rings is 1. The molecule has 4 rings (SSSR count). The number of hydrogen-bond acceptors (Lipinski definition) is 5. The predicted octanol–water partition coefficient (Wildman–Crippen LogP) is 5.85. The summed E-state index contributed by atoms with van der Waals surface area (Å²) in [4.78, 5) is 25.3. The Morgan fingerprint density at radius 1 is 1.05 bits per heavy atom. The molecule has 1 saturated heterocycles.